The van der Waals surface area contributed by atoms with Gasteiger partial charge >= 0.3 is 0 Å². The fourth-order valence-corrected chi connectivity index (χ4v) is 4.46. The van der Waals surface area contributed by atoms with Gasteiger partial charge in [-0.1, -0.05) is 12.1 Å². The number of hydrogen-bond acceptors (Lipinski definition) is 3. The zero-order valence-corrected chi connectivity index (χ0v) is 18.4. The van der Waals surface area contributed by atoms with Crippen molar-refractivity contribution < 1.29 is 23.2 Å². The summed E-state index contributed by atoms with van der Waals surface area (Å²) in [5.41, 5.74) is 1.17. The van der Waals surface area contributed by atoms with E-state index in [4.69, 9.17) is 0 Å². The van der Waals surface area contributed by atoms with E-state index in [-0.39, 0.29) is 35.9 Å². The zero-order valence-electron chi connectivity index (χ0n) is 18.4. The molecule has 1 atom stereocenters. The third kappa shape index (κ3) is 5.56. The lowest BCUT2D eigenvalue weighted by molar-refractivity contribution is -0.142. The minimum Gasteiger partial charge on any atom is -0.339 e. The number of rotatable bonds is 4. The molecule has 0 bridgehead atoms. The summed E-state index contributed by atoms with van der Waals surface area (Å²) in [5.74, 6) is -1.22. The monoisotopic (exact) mass is 455 g/mol. The first kappa shape index (κ1) is 22.9. The van der Waals surface area contributed by atoms with Crippen LogP contribution in [0.15, 0.2) is 48.5 Å². The molecule has 0 aliphatic carbocycles. The summed E-state index contributed by atoms with van der Waals surface area (Å²) in [6.45, 7) is 2.74. The maximum absolute atomic E-state index is 13.2. The molecule has 0 saturated carbocycles. The predicted octanol–water partition coefficient (Wildman–Crippen LogP) is 2.73. The SMILES string of the molecule is O=C(Cc1ccc(F)cc1)N1CCN(C(=O)C2CCCN(C(=O)c3ccc(F)cc3)C2)CC1. The van der Waals surface area contributed by atoms with Gasteiger partial charge < -0.3 is 14.7 Å². The molecule has 3 amide bonds. The Bertz CT molecular complexity index is 1000. The topological polar surface area (TPSA) is 60.9 Å². The zero-order chi connectivity index (χ0) is 23.4. The molecule has 8 heteroatoms. The predicted molar refractivity (Wildman–Crippen MR) is 118 cm³/mol. The van der Waals surface area contributed by atoms with Crippen LogP contribution < -0.4 is 0 Å². The number of hydrogen-bond donors (Lipinski definition) is 0. The number of likely N-dealkylation sites (tertiary alicyclic amines) is 1. The molecule has 2 heterocycles. The number of piperidine rings is 1. The van der Waals surface area contributed by atoms with E-state index in [2.05, 4.69) is 0 Å². The third-order valence-corrected chi connectivity index (χ3v) is 6.36. The summed E-state index contributed by atoms with van der Waals surface area (Å²) < 4.78 is 26.2. The molecule has 2 aliphatic heterocycles. The lowest BCUT2D eigenvalue weighted by Gasteiger charge is -2.39. The van der Waals surface area contributed by atoms with Crippen LogP contribution in [0.3, 0.4) is 0 Å². The second kappa shape index (κ2) is 10.1. The van der Waals surface area contributed by atoms with Gasteiger partial charge in [-0.3, -0.25) is 14.4 Å². The maximum Gasteiger partial charge on any atom is 0.253 e. The van der Waals surface area contributed by atoms with Crippen LogP contribution in [0.4, 0.5) is 8.78 Å². The van der Waals surface area contributed by atoms with E-state index < -0.39 is 5.82 Å². The van der Waals surface area contributed by atoms with Gasteiger partial charge in [0.2, 0.25) is 11.8 Å². The molecule has 2 aromatic carbocycles. The summed E-state index contributed by atoms with van der Waals surface area (Å²) in [6.07, 6.45) is 1.66. The number of halogens is 2. The molecule has 6 nitrogen and oxygen atoms in total. The Morgan fingerprint density at radius 2 is 1.33 bits per heavy atom. The van der Waals surface area contributed by atoms with E-state index in [1.165, 1.54) is 36.4 Å². The lowest BCUT2D eigenvalue weighted by atomic mass is 9.95. The van der Waals surface area contributed by atoms with Crippen molar-refractivity contribution in [3.63, 3.8) is 0 Å². The Balaban J connectivity index is 1.29. The summed E-state index contributed by atoms with van der Waals surface area (Å²) in [6, 6.07) is 11.3. The highest BCUT2D eigenvalue weighted by atomic mass is 19.1. The van der Waals surface area contributed by atoms with Crippen LogP contribution in [-0.4, -0.2) is 71.7 Å². The quantitative estimate of drug-likeness (QED) is 0.713. The van der Waals surface area contributed by atoms with E-state index in [9.17, 15) is 23.2 Å². The van der Waals surface area contributed by atoms with Crippen molar-refractivity contribution in [1.82, 2.24) is 14.7 Å². The number of nitrogens with zero attached hydrogens (tertiary/aromatic N) is 3. The van der Waals surface area contributed by atoms with Gasteiger partial charge in [0.1, 0.15) is 11.6 Å². The highest BCUT2D eigenvalue weighted by Crippen LogP contribution is 2.22. The van der Waals surface area contributed by atoms with E-state index in [0.29, 0.717) is 44.8 Å². The first-order chi connectivity index (χ1) is 15.9. The van der Waals surface area contributed by atoms with Crippen molar-refractivity contribution in [3.05, 3.63) is 71.3 Å². The maximum atomic E-state index is 13.2. The molecule has 2 saturated heterocycles. The van der Waals surface area contributed by atoms with Crippen LogP contribution >= 0.6 is 0 Å². The first-order valence-corrected chi connectivity index (χ1v) is 11.3. The Hall–Kier alpha value is -3.29. The molecule has 1 unspecified atom stereocenters. The molecule has 4 rings (SSSR count). The first-order valence-electron chi connectivity index (χ1n) is 11.3. The van der Waals surface area contributed by atoms with E-state index >= 15 is 0 Å². The number of piperazine rings is 1. The fourth-order valence-electron chi connectivity index (χ4n) is 4.46. The van der Waals surface area contributed by atoms with Crippen molar-refractivity contribution in [2.75, 3.05) is 39.3 Å². The van der Waals surface area contributed by atoms with E-state index in [1.807, 2.05) is 0 Å². The average Bonchev–Trinajstić information content (AvgIpc) is 2.85. The highest BCUT2D eigenvalue weighted by molar-refractivity contribution is 5.94. The van der Waals surface area contributed by atoms with Crippen molar-refractivity contribution in [2.45, 2.75) is 19.3 Å². The van der Waals surface area contributed by atoms with Crippen LogP contribution in [0.2, 0.25) is 0 Å². The van der Waals surface area contributed by atoms with Crippen LogP contribution in [0.25, 0.3) is 0 Å². The molecule has 0 spiro atoms. The van der Waals surface area contributed by atoms with Gasteiger partial charge in [0, 0.05) is 44.8 Å². The lowest BCUT2D eigenvalue weighted by Crippen LogP contribution is -2.54. The summed E-state index contributed by atoms with van der Waals surface area (Å²) >= 11 is 0. The van der Waals surface area contributed by atoms with Gasteiger partial charge in [-0.25, -0.2) is 8.78 Å². The summed E-state index contributed by atoms with van der Waals surface area (Å²) in [5, 5.41) is 0. The van der Waals surface area contributed by atoms with Crippen LogP contribution in [0.1, 0.15) is 28.8 Å². The molecule has 2 fully saturated rings. The molecule has 174 valence electrons. The molecule has 2 aliphatic rings. The normalized spacial score (nSPS) is 18.8. The van der Waals surface area contributed by atoms with E-state index in [1.54, 1.807) is 26.8 Å². The summed E-state index contributed by atoms with van der Waals surface area (Å²) in [7, 11) is 0. The highest BCUT2D eigenvalue weighted by Gasteiger charge is 2.33. The van der Waals surface area contributed by atoms with Crippen molar-refractivity contribution in [1.29, 1.82) is 0 Å². The Labute approximate surface area is 191 Å². The Morgan fingerprint density at radius 1 is 0.758 bits per heavy atom. The number of benzene rings is 2. The molecular weight excluding hydrogens is 428 g/mol. The fraction of sp³-hybridized carbons (Fsp3) is 0.400. The Kier molecular flexibility index (Phi) is 7.01. The number of carbonyl (C=O) groups excluding carboxylic acids is 3. The summed E-state index contributed by atoms with van der Waals surface area (Å²) in [4.78, 5) is 43.6. The van der Waals surface area contributed by atoms with Crippen molar-refractivity contribution >= 4 is 17.7 Å². The third-order valence-electron chi connectivity index (χ3n) is 6.36. The largest absolute Gasteiger partial charge is 0.339 e. The van der Waals surface area contributed by atoms with Crippen molar-refractivity contribution in [2.24, 2.45) is 5.92 Å². The van der Waals surface area contributed by atoms with Crippen molar-refractivity contribution in [3.8, 4) is 0 Å². The molecule has 0 radical (unpaired) electrons. The smallest absolute Gasteiger partial charge is 0.253 e. The van der Waals surface area contributed by atoms with Crippen LogP contribution in [0.5, 0.6) is 0 Å². The number of carbonyl (C=O) groups is 3. The molecule has 0 N–H and O–H groups in total. The second-order valence-electron chi connectivity index (χ2n) is 8.61. The molecular formula is C25H27F2N3O3. The van der Waals surface area contributed by atoms with E-state index in [0.717, 1.165) is 18.4 Å². The van der Waals surface area contributed by atoms with Crippen LogP contribution in [-0.2, 0) is 16.0 Å². The Morgan fingerprint density at radius 3 is 1.97 bits per heavy atom. The van der Waals surface area contributed by atoms with Gasteiger partial charge in [-0.2, -0.15) is 0 Å². The van der Waals surface area contributed by atoms with Gasteiger partial charge in [-0.15, -0.1) is 0 Å². The van der Waals surface area contributed by atoms with Gasteiger partial charge in [0.25, 0.3) is 5.91 Å². The number of amides is 3. The molecule has 33 heavy (non-hydrogen) atoms. The van der Waals surface area contributed by atoms with Gasteiger partial charge in [0.15, 0.2) is 0 Å². The molecule has 2 aromatic rings. The minimum atomic E-state index is -0.395. The minimum absolute atomic E-state index is 0.0113. The average molecular weight is 456 g/mol. The van der Waals surface area contributed by atoms with Crippen LogP contribution in [0, 0.1) is 17.6 Å². The second-order valence-corrected chi connectivity index (χ2v) is 8.61. The standard InChI is InChI=1S/C25H27F2N3O3/c26-21-7-3-18(4-8-21)16-23(31)28-12-14-29(15-13-28)25(33)20-2-1-11-30(17-20)24(32)19-5-9-22(27)10-6-19/h3-10,20H,1-2,11-17H2. The molecule has 0 aromatic heterocycles. The van der Waals surface area contributed by atoms with Gasteiger partial charge in [-0.05, 0) is 54.8 Å². The van der Waals surface area contributed by atoms with Gasteiger partial charge in [0.05, 0.1) is 12.3 Å².